The second-order valence-corrected chi connectivity index (χ2v) is 7.74. The molecule has 3 aromatic rings. The number of nitrogens with one attached hydrogen (secondary N) is 1. The van der Waals surface area contributed by atoms with E-state index in [9.17, 15) is 14.4 Å². The van der Waals surface area contributed by atoms with Crippen LogP contribution in [0.15, 0.2) is 63.5 Å². The molecule has 0 aliphatic carbocycles. The lowest BCUT2D eigenvalue weighted by atomic mass is 10.2. The number of nitrogens with two attached hydrogens (primary N) is 1. The molecule has 156 valence electrons. The van der Waals surface area contributed by atoms with Crippen LogP contribution in [-0.4, -0.2) is 15.5 Å². The van der Waals surface area contributed by atoms with Crippen LogP contribution in [0, 0.1) is 0 Å². The zero-order valence-electron chi connectivity index (χ0n) is 16.7. The molecule has 0 spiro atoms. The highest BCUT2D eigenvalue weighted by Crippen LogP contribution is 2.21. The van der Waals surface area contributed by atoms with Gasteiger partial charge in [-0.1, -0.05) is 49.7 Å². The number of anilines is 2. The number of unbranched alkanes of at least 4 members (excludes halogenated alkanes) is 1. The monoisotopic (exact) mass is 424 g/mol. The summed E-state index contributed by atoms with van der Waals surface area (Å²) in [7, 11) is 0. The van der Waals surface area contributed by atoms with Crippen molar-refractivity contribution in [3.8, 4) is 0 Å². The fourth-order valence-corrected chi connectivity index (χ4v) is 3.66. The molecule has 1 amide bonds. The van der Waals surface area contributed by atoms with E-state index in [0.29, 0.717) is 6.54 Å². The molecule has 0 unspecified atom stereocenters. The number of nitrogens with zero attached hydrogens (tertiary/aromatic N) is 2. The first kappa shape index (κ1) is 21.3. The smallest absolute Gasteiger partial charge is 0.330 e. The van der Waals surface area contributed by atoms with E-state index in [1.165, 1.54) is 26.9 Å². The maximum atomic E-state index is 13.1. The topological polar surface area (TPSA) is 101 Å². The van der Waals surface area contributed by atoms with Crippen LogP contribution in [0.2, 0.25) is 0 Å². The SMILES string of the molecule is CCCCn1c(N)c(N(Cc2ccccc2)C(=O)/C=C/c2cccs2)c(=O)[nH]c1=O. The summed E-state index contributed by atoms with van der Waals surface area (Å²) >= 11 is 1.50. The Morgan fingerprint density at radius 2 is 1.97 bits per heavy atom. The molecule has 8 heteroatoms. The molecule has 0 atom stereocenters. The minimum Gasteiger partial charge on any atom is -0.383 e. The summed E-state index contributed by atoms with van der Waals surface area (Å²) in [5, 5.41) is 1.91. The van der Waals surface area contributed by atoms with E-state index < -0.39 is 17.2 Å². The van der Waals surface area contributed by atoms with E-state index in [1.807, 2.05) is 54.8 Å². The molecular formula is C22H24N4O3S. The van der Waals surface area contributed by atoms with Gasteiger partial charge in [0.1, 0.15) is 5.82 Å². The van der Waals surface area contributed by atoms with Gasteiger partial charge in [0.2, 0.25) is 0 Å². The van der Waals surface area contributed by atoms with Crippen molar-refractivity contribution in [1.29, 1.82) is 0 Å². The first-order valence-corrected chi connectivity index (χ1v) is 10.6. The van der Waals surface area contributed by atoms with Crippen LogP contribution in [0.3, 0.4) is 0 Å². The number of rotatable bonds is 8. The lowest BCUT2D eigenvalue weighted by Gasteiger charge is -2.23. The Bertz CT molecular complexity index is 1130. The van der Waals surface area contributed by atoms with Gasteiger partial charge in [0.15, 0.2) is 5.69 Å². The largest absolute Gasteiger partial charge is 0.383 e. The molecule has 0 aliphatic rings. The van der Waals surface area contributed by atoms with Crippen molar-refractivity contribution in [3.63, 3.8) is 0 Å². The van der Waals surface area contributed by atoms with E-state index in [0.717, 1.165) is 23.3 Å². The first-order chi connectivity index (χ1) is 14.5. The van der Waals surface area contributed by atoms with Crippen molar-refractivity contribution in [3.05, 3.63) is 85.2 Å². The first-order valence-electron chi connectivity index (χ1n) is 9.71. The maximum absolute atomic E-state index is 13.1. The summed E-state index contributed by atoms with van der Waals surface area (Å²) < 4.78 is 1.31. The zero-order chi connectivity index (χ0) is 21.5. The summed E-state index contributed by atoms with van der Waals surface area (Å²) in [6.45, 7) is 2.51. The molecule has 2 heterocycles. The lowest BCUT2D eigenvalue weighted by Crippen LogP contribution is -2.40. The van der Waals surface area contributed by atoms with Crippen LogP contribution < -0.4 is 21.9 Å². The predicted octanol–water partition coefficient (Wildman–Crippen LogP) is 3.23. The van der Waals surface area contributed by atoms with Gasteiger partial charge in [-0.3, -0.25) is 24.0 Å². The quantitative estimate of drug-likeness (QED) is 0.542. The minimum absolute atomic E-state index is 0.00833. The van der Waals surface area contributed by atoms with E-state index in [-0.39, 0.29) is 18.1 Å². The van der Waals surface area contributed by atoms with E-state index in [4.69, 9.17) is 5.73 Å². The maximum Gasteiger partial charge on any atom is 0.330 e. The Balaban J connectivity index is 2.06. The zero-order valence-corrected chi connectivity index (χ0v) is 17.5. The third kappa shape index (κ3) is 4.96. The molecular weight excluding hydrogens is 400 g/mol. The third-order valence-electron chi connectivity index (χ3n) is 4.60. The second-order valence-electron chi connectivity index (χ2n) is 6.76. The Hall–Kier alpha value is -3.39. The number of nitrogen functional groups attached to an aromatic ring is 1. The molecule has 1 aromatic carbocycles. The van der Waals surface area contributed by atoms with Gasteiger partial charge < -0.3 is 5.73 Å². The Morgan fingerprint density at radius 3 is 2.63 bits per heavy atom. The van der Waals surface area contributed by atoms with Crippen LogP contribution in [-0.2, 0) is 17.9 Å². The molecule has 3 N–H and O–H groups in total. The van der Waals surface area contributed by atoms with Crippen LogP contribution in [0.1, 0.15) is 30.2 Å². The number of hydrogen-bond acceptors (Lipinski definition) is 5. The molecule has 0 bridgehead atoms. The highest BCUT2D eigenvalue weighted by Gasteiger charge is 2.23. The summed E-state index contributed by atoms with van der Waals surface area (Å²) in [5.74, 6) is -0.406. The number of amides is 1. The van der Waals surface area contributed by atoms with Gasteiger partial charge in [-0.15, -0.1) is 11.3 Å². The molecule has 30 heavy (non-hydrogen) atoms. The highest BCUT2D eigenvalue weighted by atomic mass is 32.1. The fourth-order valence-electron chi connectivity index (χ4n) is 3.04. The third-order valence-corrected chi connectivity index (χ3v) is 5.44. The van der Waals surface area contributed by atoms with Crippen LogP contribution in [0.5, 0.6) is 0 Å². The number of benzene rings is 1. The number of aromatic amines is 1. The van der Waals surface area contributed by atoms with Gasteiger partial charge in [0, 0.05) is 17.5 Å². The average molecular weight is 425 g/mol. The summed E-state index contributed by atoms with van der Waals surface area (Å²) in [6, 6.07) is 13.1. The molecule has 0 aliphatic heterocycles. The predicted molar refractivity (Wildman–Crippen MR) is 122 cm³/mol. The van der Waals surface area contributed by atoms with Gasteiger partial charge in [-0.05, 0) is 29.5 Å². The molecule has 0 saturated carbocycles. The molecule has 3 rings (SSSR count). The van der Waals surface area contributed by atoms with Crippen LogP contribution >= 0.6 is 11.3 Å². The Kier molecular flexibility index (Phi) is 7.03. The molecule has 7 nitrogen and oxygen atoms in total. The minimum atomic E-state index is -0.681. The molecule has 2 aromatic heterocycles. The van der Waals surface area contributed by atoms with E-state index in [1.54, 1.807) is 6.08 Å². The summed E-state index contributed by atoms with van der Waals surface area (Å²) in [5.41, 5.74) is 5.80. The van der Waals surface area contributed by atoms with Crippen molar-refractivity contribution in [1.82, 2.24) is 9.55 Å². The van der Waals surface area contributed by atoms with Crippen molar-refractivity contribution >= 4 is 34.8 Å². The molecule has 0 saturated heterocycles. The molecule has 0 radical (unpaired) electrons. The van der Waals surface area contributed by atoms with Gasteiger partial charge in [-0.25, -0.2) is 4.79 Å². The molecule has 0 fully saturated rings. The van der Waals surface area contributed by atoms with E-state index >= 15 is 0 Å². The van der Waals surface area contributed by atoms with Gasteiger partial charge in [0.05, 0.1) is 6.54 Å². The Morgan fingerprint density at radius 1 is 1.20 bits per heavy atom. The number of aromatic nitrogens is 2. The highest BCUT2D eigenvalue weighted by molar-refractivity contribution is 7.10. The van der Waals surface area contributed by atoms with Gasteiger partial charge >= 0.3 is 5.69 Å². The summed E-state index contributed by atoms with van der Waals surface area (Å²) in [4.78, 5) is 42.6. The van der Waals surface area contributed by atoms with Gasteiger partial charge in [0.25, 0.3) is 11.5 Å². The number of carbonyl (C=O) groups excluding carboxylic acids is 1. The van der Waals surface area contributed by atoms with E-state index in [2.05, 4.69) is 4.98 Å². The van der Waals surface area contributed by atoms with Crippen molar-refractivity contribution in [2.75, 3.05) is 10.6 Å². The number of hydrogen-bond donors (Lipinski definition) is 2. The second kappa shape index (κ2) is 9.89. The number of thiophene rings is 1. The van der Waals surface area contributed by atoms with Crippen molar-refractivity contribution in [2.45, 2.75) is 32.9 Å². The van der Waals surface area contributed by atoms with Crippen molar-refractivity contribution in [2.24, 2.45) is 0 Å². The van der Waals surface area contributed by atoms with Gasteiger partial charge in [-0.2, -0.15) is 0 Å². The van der Waals surface area contributed by atoms with Crippen LogP contribution in [0.25, 0.3) is 6.08 Å². The number of carbonyl (C=O) groups is 1. The van der Waals surface area contributed by atoms with Crippen LogP contribution in [0.4, 0.5) is 11.5 Å². The lowest BCUT2D eigenvalue weighted by molar-refractivity contribution is -0.114. The van der Waals surface area contributed by atoms with Crippen molar-refractivity contribution < 1.29 is 4.79 Å². The number of H-pyrrole nitrogens is 1. The fraction of sp³-hybridized carbons (Fsp3) is 0.227. The summed E-state index contributed by atoms with van der Waals surface area (Å²) in [6.07, 6.45) is 4.69. The normalized spacial score (nSPS) is 11.1. The Labute approximate surface area is 178 Å². The average Bonchev–Trinajstić information content (AvgIpc) is 3.25. The standard InChI is InChI=1S/C22H24N4O3S/c1-2-3-13-25-20(23)19(21(28)24-22(25)29)26(15-16-8-5-4-6-9-16)18(27)12-11-17-10-7-14-30-17/h4-12,14H,2-3,13,15,23H2,1H3,(H,24,28,29)/b12-11+.